The Bertz CT molecular complexity index is 764. The molecule has 1 aromatic carbocycles. The molecule has 1 spiro atoms. The molecule has 3 heterocycles. The fraction of sp³-hybridized carbons (Fsp3) is 0.500. The van der Waals surface area contributed by atoms with E-state index in [0.717, 1.165) is 37.7 Å². The molecule has 2 aliphatic rings. The predicted octanol–water partition coefficient (Wildman–Crippen LogP) is 2.70. The molecule has 0 saturated carbocycles. The number of ether oxygens (including phenoxy) is 1. The first-order valence-electron chi connectivity index (χ1n) is 9.13. The maximum atomic E-state index is 12.6. The summed E-state index contributed by atoms with van der Waals surface area (Å²) in [6, 6.07) is 8.67. The van der Waals surface area contributed by atoms with Crippen LogP contribution in [0.25, 0.3) is 0 Å². The van der Waals surface area contributed by atoms with Crippen LogP contribution in [-0.2, 0) is 22.6 Å². The van der Waals surface area contributed by atoms with E-state index < -0.39 is 0 Å². The third-order valence-electron chi connectivity index (χ3n) is 5.24. The fourth-order valence-corrected chi connectivity index (χ4v) is 4.73. The number of aromatic nitrogens is 1. The Balaban J connectivity index is 1.46. The maximum absolute atomic E-state index is 12.6. The second-order valence-corrected chi connectivity index (χ2v) is 8.62. The van der Waals surface area contributed by atoms with Crippen molar-refractivity contribution >= 4 is 17.2 Å². The quantitative estimate of drug-likeness (QED) is 0.829. The second kappa shape index (κ2) is 7.47. The van der Waals surface area contributed by atoms with Crippen molar-refractivity contribution in [3.63, 3.8) is 0 Å². The van der Waals surface area contributed by atoms with Crippen LogP contribution in [0.3, 0.4) is 0 Å². The minimum Gasteiger partial charge on any atom is -0.379 e. The van der Waals surface area contributed by atoms with E-state index in [1.54, 1.807) is 11.3 Å². The monoisotopic (exact) mass is 371 g/mol. The van der Waals surface area contributed by atoms with Gasteiger partial charge < -0.3 is 9.64 Å². The number of carbonyl (C=O) groups excluding carboxylic acids is 1. The molecule has 5 nitrogen and oxygen atoms in total. The molecule has 0 aliphatic carbocycles. The lowest BCUT2D eigenvalue weighted by Crippen LogP contribution is -2.40. The van der Waals surface area contributed by atoms with Crippen LogP contribution in [-0.4, -0.2) is 53.5 Å². The third-order valence-corrected chi connectivity index (χ3v) is 6.01. The largest absolute Gasteiger partial charge is 0.379 e. The van der Waals surface area contributed by atoms with Crippen molar-refractivity contribution in [3.05, 3.63) is 52.0 Å². The number of rotatable bonds is 4. The molecule has 138 valence electrons. The molecule has 1 aromatic heterocycles. The number of benzene rings is 1. The lowest BCUT2D eigenvalue weighted by Gasteiger charge is -2.31. The minimum absolute atomic E-state index is 0.0951. The van der Waals surface area contributed by atoms with Crippen molar-refractivity contribution in [3.8, 4) is 0 Å². The van der Waals surface area contributed by atoms with Crippen molar-refractivity contribution in [2.24, 2.45) is 5.41 Å². The first-order chi connectivity index (χ1) is 12.6. The minimum atomic E-state index is -0.0951. The first kappa shape index (κ1) is 17.6. The summed E-state index contributed by atoms with van der Waals surface area (Å²) in [6.07, 6.45) is 2.44. The topological polar surface area (TPSA) is 45.7 Å². The highest BCUT2D eigenvalue weighted by atomic mass is 32.1. The van der Waals surface area contributed by atoms with Crippen LogP contribution >= 0.6 is 11.3 Å². The standard InChI is InChI=1S/C20H25N3O2S/c1-16-3-2-4-17(7-16)10-22-5-6-25-14-20(12-22)8-19(24)23(13-20)11-18-9-21-15-26-18/h2-4,7,9,15H,5-6,8,10-14H2,1H3/t20-/m0/s1. The number of thiazole rings is 1. The molecule has 0 unspecified atom stereocenters. The van der Waals surface area contributed by atoms with E-state index in [2.05, 4.69) is 41.1 Å². The molecular formula is C20H25N3O2S. The summed E-state index contributed by atoms with van der Waals surface area (Å²) < 4.78 is 5.93. The zero-order valence-corrected chi connectivity index (χ0v) is 16.0. The lowest BCUT2D eigenvalue weighted by molar-refractivity contribution is -0.128. The Labute approximate surface area is 158 Å². The number of hydrogen-bond acceptors (Lipinski definition) is 5. The molecule has 0 bridgehead atoms. The molecule has 2 saturated heterocycles. The van der Waals surface area contributed by atoms with Crippen LogP contribution in [0.15, 0.2) is 36.0 Å². The van der Waals surface area contributed by atoms with E-state index in [4.69, 9.17) is 4.74 Å². The Kier molecular flexibility index (Phi) is 5.07. The number of nitrogens with zero attached hydrogens (tertiary/aromatic N) is 3. The summed E-state index contributed by atoms with van der Waals surface area (Å²) in [4.78, 5) is 22.3. The van der Waals surface area contributed by atoms with Crippen LogP contribution < -0.4 is 0 Å². The van der Waals surface area contributed by atoms with Gasteiger partial charge in [-0.05, 0) is 12.5 Å². The molecule has 2 aromatic rings. The van der Waals surface area contributed by atoms with E-state index in [0.29, 0.717) is 19.6 Å². The van der Waals surface area contributed by atoms with Crippen LogP contribution in [0, 0.1) is 12.3 Å². The number of hydrogen-bond donors (Lipinski definition) is 0. The summed E-state index contributed by atoms with van der Waals surface area (Å²) in [5.74, 6) is 0.236. The number of amides is 1. The van der Waals surface area contributed by atoms with E-state index in [-0.39, 0.29) is 11.3 Å². The molecule has 2 aliphatic heterocycles. The summed E-state index contributed by atoms with van der Waals surface area (Å²) in [7, 11) is 0. The summed E-state index contributed by atoms with van der Waals surface area (Å²) >= 11 is 1.61. The molecule has 0 radical (unpaired) electrons. The highest BCUT2D eigenvalue weighted by Gasteiger charge is 2.45. The average Bonchev–Trinajstić information content (AvgIpc) is 3.15. The molecule has 6 heteroatoms. The molecule has 1 atom stereocenters. The van der Waals surface area contributed by atoms with Gasteiger partial charge in [-0.3, -0.25) is 14.7 Å². The molecule has 1 amide bonds. The van der Waals surface area contributed by atoms with Gasteiger partial charge in [0.25, 0.3) is 0 Å². The van der Waals surface area contributed by atoms with Crippen LogP contribution in [0.1, 0.15) is 22.4 Å². The van der Waals surface area contributed by atoms with Crippen molar-refractivity contribution < 1.29 is 9.53 Å². The summed E-state index contributed by atoms with van der Waals surface area (Å²) in [5.41, 5.74) is 4.34. The van der Waals surface area contributed by atoms with E-state index in [1.165, 1.54) is 11.1 Å². The maximum Gasteiger partial charge on any atom is 0.223 e. The van der Waals surface area contributed by atoms with Gasteiger partial charge in [-0.2, -0.15) is 0 Å². The molecule has 4 rings (SSSR count). The van der Waals surface area contributed by atoms with Crippen molar-refractivity contribution in [1.29, 1.82) is 0 Å². The second-order valence-electron chi connectivity index (χ2n) is 7.65. The van der Waals surface area contributed by atoms with E-state index >= 15 is 0 Å². The highest BCUT2D eigenvalue weighted by molar-refractivity contribution is 7.09. The Morgan fingerprint density at radius 3 is 3.04 bits per heavy atom. The van der Waals surface area contributed by atoms with Gasteiger partial charge in [0.1, 0.15) is 0 Å². The lowest BCUT2D eigenvalue weighted by atomic mass is 9.87. The highest BCUT2D eigenvalue weighted by Crippen LogP contribution is 2.35. The Morgan fingerprint density at radius 2 is 2.23 bits per heavy atom. The van der Waals surface area contributed by atoms with Crippen LogP contribution in [0.4, 0.5) is 0 Å². The van der Waals surface area contributed by atoms with Gasteiger partial charge in [0, 0.05) is 49.1 Å². The fourth-order valence-electron chi connectivity index (χ4n) is 4.12. The predicted molar refractivity (Wildman–Crippen MR) is 102 cm³/mol. The smallest absolute Gasteiger partial charge is 0.223 e. The Morgan fingerprint density at radius 1 is 1.31 bits per heavy atom. The van der Waals surface area contributed by atoms with Gasteiger partial charge in [-0.1, -0.05) is 29.8 Å². The van der Waals surface area contributed by atoms with Crippen LogP contribution in [0.2, 0.25) is 0 Å². The zero-order valence-electron chi connectivity index (χ0n) is 15.2. The van der Waals surface area contributed by atoms with Crippen LogP contribution in [0.5, 0.6) is 0 Å². The van der Waals surface area contributed by atoms with Gasteiger partial charge in [0.05, 0.1) is 25.3 Å². The Hall–Kier alpha value is -1.76. The van der Waals surface area contributed by atoms with Gasteiger partial charge >= 0.3 is 0 Å². The third kappa shape index (κ3) is 3.98. The van der Waals surface area contributed by atoms with Gasteiger partial charge in [-0.25, -0.2) is 0 Å². The number of likely N-dealkylation sites (tertiary alicyclic amines) is 1. The molecular weight excluding hydrogens is 346 g/mol. The van der Waals surface area contributed by atoms with Crippen molar-refractivity contribution in [2.75, 3.05) is 32.8 Å². The normalized spacial score (nSPS) is 24.3. The number of carbonyl (C=O) groups is 1. The van der Waals surface area contributed by atoms with Gasteiger partial charge in [0.15, 0.2) is 0 Å². The summed E-state index contributed by atoms with van der Waals surface area (Å²) in [5, 5.41) is 0. The van der Waals surface area contributed by atoms with E-state index in [9.17, 15) is 4.79 Å². The zero-order chi connectivity index (χ0) is 18.0. The molecule has 0 N–H and O–H groups in total. The first-order valence-corrected chi connectivity index (χ1v) is 10.0. The molecule has 26 heavy (non-hydrogen) atoms. The van der Waals surface area contributed by atoms with Crippen molar-refractivity contribution in [1.82, 2.24) is 14.8 Å². The van der Waals surface area contributed by atoms with Gasteiger partial charge in [-0.15, -0.1) is 11.3 Å². The molecule has 2 fully saturated rings. The van der Waals surface area contributed by atoms with Gasteiger partial charge in [0.2, 0.25) is 5.91 Å². The van der Waals surface area contributed by atoms with Crippen molar-refractivity contribution in [2.45, 2.75) is 26.4 Å². The number of aryl methyl sites for hydroxylation is 1. The summed E-state index contributed by atoms with van der Waals surface area (Å²) in [6.45, 7) is 7.71. The SMILES string of the molecule is Cc1cccc(CN2CCOC[C@@]3(CC(=O)N(Cc4cncs4)C3)C2)c1. The van der Waals surface area contributed by atoms with E-state index in [1.807, 2.05) is 16.6 Å². The average molecular weight is 372 g/mol.